The zero-order chi connectivity index (χ0) is 16.7. The number of hydrogen-bond donors (Lipinski definition) is 1. The highest BCUT2D eigenvalue weighted by molar-refractivity contribution is 5.73. The van der Waals surface area contributed by atoms with Crippen LogP contribution in [0.2, 0.25) is 0 Å². The number of carbonyl (C=O) groups is 1. The van der Waals surface area contributed by atoms with Gasteiger partial charge in [0.25, 0.3) is 0 Å². The van der Waals surface area contributed by atoms with Crippen LogP contribution in [0.1, 0.15) is 32.6 Å². The standard InChI is InChI=1S/C22H28O2/c1-2-3-4-5-6-7-8-15-16-11-12-17-18(22(23)24)10-9-14-13-19(15)21(16)20(14)17/h3-6,9-12,14-21H,2,7-8,13H2,1H3,(H,23,24)/b4-3-,6-5+/t14-,15+,16-,17-,18-,19-,20-,21-/m0/s1. The van der Waals surface area contributed by atoms with Crippen molar-refractivity contribution in [1.82, 2.24) is 0 Å². The molecule has 128 valence electrons. The molecule has 4 rings (SSSR count). The topological polar surface area (TPSA) is 37.3 Å². The molecule has 4 aliphatic carbocycles. The molecule has 0 aromatic carbocycles. The minimum absolute atomic E-state index is 0.240. The van der Waals surface area contributed by atoms with Crippen molar-refractivity contribution in [3.63, 3.8) is 0 Å². The largest absolute Gasteiger partial charge is 0.481 e. The molecule has 2 fully saturated rings. The third-order valence-electron chi connectivity index (χ3n) is 7.02. The van der Waals surface area contributed by atoms with E-state index in [9.17, 15) is 9.90 Å². The van der Waals surface area contributed by atoms with E-state index in [0.717, 1.165) is 24.2 Å². The maximum absolute atomic E-state index is 11.6. The van der Waals surface area contributed by atoms with E-state index in [1.54, 1.807) is 0 Å². The highest BCUT2D eigenvalue weighted by atomic mass is 16.4. The second kappa shape index (κ2) is 6.38. The number of allylic oxidation sites excluding steroid dienone is 7. The number of rotatable bonds is 6. The van der Waals surface area contributed by atoms with E-state index in [0.29, 0.717) is 17.8 Å². The smallest absolute Gasteiger partial charge is 0.310 e. The third kappa shape index (κ3) is 2.42. The van der Waals surface area contributed by atoms with Crippen molar-refractivity contribution in [2.45, 2.75) is 32.6 Å². The number of aliphatic carboxylic acids is 1. The second-order valence-electron chi connectivity index (χ2n) is 8.01. The maximum atomic E-state index is 11.6. The van der Waals surface area contributed by atoms with E-state index in [4.69, 9.17) is 0 Å². The van der Waals surface area contributed by atoms with E-state index in [-0.39, 0.29) is 11.8 Å². The Hall–Kier alpha value is -1.57. The highest BCUT2D eigenvalue weighted by Gasteiger charge is 2.62. The fourth-order valence-corrected chi connectivity index (χ4v) is 6.11. The number of hydrogen-bond acceptors (Lipinski definition) is 1. The summed E-state index contributed by atoms with van der Waals surface area (Å²) in [5, 5.41) is 9.51. The lowest BCUT2D eigenvalue weighted by molar-refractivity contribution is -0.143. The third-order valence-corrected chi connectivity index (χ3v) is 7.02. The van der Waals surface area contributed by atoms with E-state index < -0.39 is 5.97 Å². The summed E-state index contributed by atoms with van der Waals surface area (Å²) in [7, 11) is 0. The predicted octanol–water partition coefficient (Wildman–Crippen LogP) is 4.86. The lowest BCUT2D eigenvalue weighted by atomic mass is 9.50. The van der Waals surface area contributed by atoms with Crippen LogP contribution in [0.15, 0.2) is 48.6 Å². The lowest BCUT2D eigenvalue weighted by Crippen LogP contribution is -2.50. The number of carboxylic acid groups (broad SMARTS) is 1. The van der Waals surface area contributed by atoms with Crippen LogP contribution in [0.3, 0.4) is 0 Å². The minimum Gasteiger partial charge on any atom is -0.481 e. The van der Waals surface area contributed by atoms with E-state index in [2.05, 4.69) is 49.5 Å². The van der Waals surface area contributed by atoms with Crippen LogP contribution in [0.25, 0.3) is 0 Å². The first kappa shape index (κ1) is 15.9. The number of carboxylic acids is 1. The fourth-order valence-electron chi connectivity index (χ4n) is 6.11. The van der Waals surface area contributed by atoms with Crippen molar-refractivity contribution >= 4 is 5.97 Å². The molecule has 0 amide bonds. The molecule has 0 radical (unpaired) electrons. The van der Waals surface area contributed by atoms with Crippen molar-refractivity contribution in [2.24, 2.45) is 47.3 Å². The van der Waals surface area contributed by atoms with Crippen LogP contribution in [-0.2, 0) is 4.79 Å². The molecular weight excluding hydrogens is 296 g/mol. The Balaban J connectivity index is 1.44. The first-order valence-electron chi connectivity index (χ1n) is 9.63. The second-order valence-corrected chi connectivity index (χ2v) is 8.01. The zero-order valence-corrected chi connectivity index (χ0v) is 14.4. The van der Waals surface area contributed by atoms with E-state index in [1.807, 2.05) is 6.08 Å². The highest BCUT2D eigenvalue weighted by Crippen LogP contribution is 2.67. The molecule has 1 N–H and O–H groups in total. The van der Waals surface area contributed by atoms with Gasteiger partial charge in [0.2, 0.25) is 0 Å². The van der Waals surface area contributed by atoms with Crippen molar-refractivity contribution in [3.05, 3.63) is 48.6 Å². The van der Waals surface area contributed by atoms with Crippen molar-refractivity contribution in [1.29, 1.82) is 0 Å². The normalized spacial score (nSPS) is 44.9. The molecule has 2 heteroatoms. The quantitative estimate of drug-likeness (QED) is 0.559. The molecule has 4 aliphatic rings. The van der Waals surface area contributed by atoms with Gasteiger partial charge in [-0.1, -0.05) is 55.5 Å². The molecule has 0 aliphatic heterocycles. The van der Waals surface area contributed by atoms with Crippen molar-refractivity contribution in [2.75, 3.05) is 0 Å². The van der Waals surface area contributed by atoms with Gasteiger partial charge in [0, 0.05) is 0 Å². The zero-order valence-electron chi connectivity index (χ0n) is 14.4. The van der Waals surface area contributed by atoms with Crippen LogP contribution in [0.4, 0.5) is 0 Å². The molecule has 2 nitrogen and oxygen atoms in total. The fraction of sp³-hybridized carbons (Fsp3) is 0.591. The maximum Gasteiger partial charge on any atom is 0.310 e. The van der Waals surface area contributed by atoms with Gasteiger partial charge >= 0.3 is 5.97 Å². The first-order chi connectivity index (χ1) is 11.7. The van der Waals surface area contributed by atoms with Crippen LogP contribution >= 0.6 is 0 Å². The summed E-state index contributed by atoms with van der Waals surface area (Å²) in [6, 6.07) is 0. The Bertz CT molecular complexity index is 611. The van der Waals surface area contributed by atoms with Gasteiger partial charge in [0.05, 0.1) is 5.92 Å². The Morgan fingerprint density at radius 3 is 2.67 bits per heavy atom. The van der Waals surface area contributed by atoms with Gasteiger partial charge in [0.1, 0.15) is 0 Å². The van der Waals surface area contributed by atoms with Gasteiger partial charge in [-0.05, 0) is 67.1 Å². The monoisotopic (exact) mass is 324 g/mol. The molecule has 0 bridgehead atoms. The van der Waals surface area contributed by atoms with Crippen LogP contribution in [-0.4, -0.2) is 11.1 Å². The average Bonchev–Trinajstić information content (AvgIpc) is 2.91. The van der Waals surface area contributed by atoms with Gasteiger partial charge in [0.15, 0.2) is 0 Å². The molecule has 0 unspecified atom stereocenters. The Labute approximate surface area is 145 Å². The summed E-state index contributed by atoms with van der Waals surface area (Å²) in [6.45, 7) is 2.16. The molecule has 0 aromatic heterocycles. The lowest BCUT2D eigenvalue weighted by Gasteiger charge is -2.54. The molecule has 0 saturated heterocycles. The van der Waals surface area contributed by atoms with Crippen LogP contribution < -0.4 is 0 Å². The minimum atomic E-state index is -0.651. The summed E-state index contributed by atoms with van der Waals surface area (Å²) < 4.78 is 0. The van der Waals surface area contributed by atoms with Crippen molar-refractivity contribution in [3.8, 4) is 0 Å². The summed E-state index contributed by atoms with van der Waals surface area (Å²) in [5.41, 5.74) is 0. The molecular formula is C22H28O2. The summed E-state index contributed by atoms with van der Waals surface area (Å²) in [5.74, 6) is 3.62. The molecule has 0 heterocycles. The van der Waals surface area contributed by atoms with E-state index in [1.165, 1.54) is 19.3 Å². The molecule has 2 saturated carbocycles. The first-order valence-corrected chi connectivity index (χ1v) is 9.63. The predicted molar refractivity (Wildman–Crippen MR) is 96.3 cm³/mol. The average molecular weight is 324 g/mol. The van der Waals surface area contributed by atoms with Crippen LogP contribution in [0.5, 0.6) is 0 Å². The Kier molecular flexibility index (Phi) is 4.24. The van der Waals surface area contributed by atoms with Gasteiger partial charge in [-0.3, -0.25) is 4.79 Å². The van der Waals surface area contributed by atoms with Gasteiger partial charge in [-0.25, -0.2) is 0 Å². The van der Waals surface area contributed by atoms with Gasteiger partial charge in [-0.15, -0.1) is 0 Å². The summed E-state index contributed by atoms with van der Waals surface area (Å²) >= 11 is 0. The van der Waals surface area contributed by atoms with Gasteiger partial charge in [-0.2, -0.15) is 0 Å². The van der Waals surface area contributed by atoms with Crippen LogP contribution in [0, 0.1) is 47.3 Å². The summed E-state index contributed by atoms with van der Waals surface area (Å²) in [6.07, 6.45) is 22.5. The SMILES string of the molecule is CC/C=C\C=C\CC[C@@H]1[C@@H]2C=C[C@@H]3[C@H]4[C@@H]2[C@H]1C[C@@H]4C=C[C@@H]3C(=O)O. The Morgan fingerprint density at radius 2 is 1.88 bits per heavy atom. The molecule has 8 atom stereocenters. The molecule has 0 spiro atoms. The molecule has 24 heavy (non-hydrogen) atoms. The van der Waals surface area contributed by atoms with Crippen molar-refractivity contribution < 1.29 is 9.90 Å². The molecule has 0 aromatic rings. The summed E-state index contributed by atoms with van der Waals surface area (Å²) in [4.78, 5) is 11.6. The van der Waals surface area contributed by atoms with Gasteiger partial charge < -0.3 is 5.11 Å². The Morgan fingerprint density at radius 1 is 1.08 bits per heavy atom. The van der Waals surface area contributed by atoms with E-state index >= 15 is 0 Å².